The van der Waals surface area contributed by atoms with Crippen molar-refractivity contribution in [3.8, 4) is 5.75 Å². The van der Waals surface area contributed by atoms with Crippen molar-refractivity contribution in [2.75, 3.05) is 7.11 Å². The molecule has 0 aliphatic rings. The van der Waals surface area contributed by atoms with E-state index < -0.39 is 11.6 Å². The van der Waals surface area contributed by atoms with Gasteiger partial charge in [-0.05, 0) is 30.3 Å². The summed E-state index contributed by atoms with van der Waals surface area (Å²) in [6, 6.07) is 7.51. The van der Waals surface area contributed by atoms with Crippen molar-refractivity contribution in [1.29, 1.82) is 0 Å². The van der Waals surface area contributed by atoms with E-state index in [1.165, 1.54) is 25.4 Å². The van der Waals surface area contributed by atoms with Crippen LogP contribution in [0.5, 0.6) is 5.75 Å². The summed E-state index contributed by atoms with van der Waals surface area (Å²) >= 11 is 3.14. The third-order valence-corrected chi connectivity index (χ3v) is 2.87. The van der Waals surface area contributed by atoms with Crippen molar-refractivity contribution in [3.63, 3.8) is 0 Å². The zero-order valence-corrected chi connectivity index (χ0v) is 11.1. The molecule has 92 valence electrons. The van der Waals surface area contributed by atoms with Crippen LogP contribution in [0.15, 0.2) is 41.0 Å². The molecule has 0 aliphatic carbocycles. The van der Waals surface area contributed by atoms with Crippen molar-refractivity contribution in [2.24, 2.45) is 0 Å². The Morgan fingerprint density at radius 1 is 1.39 bits per heavy atom. The smallest absolute Gasteiger partial charge is 0.218 e. The number of methoxy groups -OCH3 is 1. The van der Waals surface area contributed by atoms with Crippen LogP contribution in [-0.4, -0.2) is 17.9 Å². The molecule has 1 heterocycles. The lowest BCUT2D eigenvalue weighted by atomic mass is 10.1. The number of hydrogen-bond donors (Lipinski definition) is 0. The van der Waals surface area contributed by atoms with E-state index in [1.54, 1.807) is 18.2 Å². The summed E-state index contributed by atoms with van der Waals surface area (Å²) in [5.41, 5.74) is 0.0661. The second kappa shape index (κ2) is 5.27. The van der Waals surface area contributed by atoms with E-state index in [-0.39, 0.29) is 11.3 Å². The highest BCUT2D eigenvalue weighted by Gasteiger charge is 2.19. The number of ketones is 1. The number of ether oxygens (including phenoxy) is 1. The molecule has 0 N–H and O–H groups in total. The molecule has 0 radical (unpaired) electrons. The maximum atomic E-state index is 13.7. The predicted molar refractivity (Wildman–Crippen MR) is 68.3 cm³/mol. The van der Waals surface area contributed by atoms with Crippen molar-refractivity contribution in [2.45, 2.75) is 0 Å². The minimum atomic E-state index is -0.595. The molecule has 1 aromatic carbocycles. The maximum Gasteiger partial charge on any atom is 0.218 e. The Bertz CT molecular complexity index is 601. The molecule has 2 aromatic rings. The van der Waals surface area contributed by atoms with Crippen molar-refractivity contribution in [3.05, 3.63) is 58.1 Å². The molecule has 0 fully saturated rings. The van der Waals surface area contributed by atoms with Gasteiger partial charge in [-0.1, -0.05) is 15.9 Å². The average molecular weight is 310 g/mol. The summed E-state index contributed by atoms with van der Waals surface area (Å²) in [7, 11) is 1.44. The minimum absolute atomic E-state index is 0.0322. The zero-order chi connectivity index (χ0) is 13.1. The van der Waals surface area contributed by atoms with E-state index in [0.29, 0.717) is 10.2 Å². The van der Waals surface area contributed by atoms with Crippen LogP contribution in [-0.2, 0) is 0 Å². The molecular weight excluding hydrogens is 301 g/mol. The molecule has 0 saturated heterocycles. The molecule has 3 nitrogen and oxygen atoms in total. The number of benzene rings is 1. The Balaban J connectivity index is 2.48. The first-order valence-corrected chi connectivity index (χ1v) is 5.91. The second-order valence-electron chi connectivity index (χ2n) is 3.51. The molecule has 2 rings (SSSR count). The Kier molecular flexibility index (Phi) is 3.72. The monoisotopic (exact) mass is 309 g/mol. The van der Waals surface area contributed by atoms with Gasteiger partial charge in [0.15, 0.2) is 5.69 Å². The molecule has 18 heavy (non-hydrogen) atoms. The first-order chi connectivity index (χ1) is 8.63. The number of hydrogen-bond acceptors (Lipinski definition) is 3. The van der Waals surface area contributed by atoms with Gasteiger partial charge in [0.25, 0.3) is 0 Å². The summed E-state index contributed by atoms with van der Waals surface area (Å²) < 4.78 is 19.3. The lowest BCUT2D eigenvalue weighted by molar-refractivity contribution is 0.102. The molecule has 0 atom stereocenters. The highest BCUT2D eigenvalue weighted by molar-refractivity contribution is 9.10. The summed E-state index contributed by atoms with van der Waals surface area (Å²) in [5.74, 6) is -0.774. The van der Waals surface area contributed by atoms with Gasteiger partial charge in [-0.25, -0.2) is 9.37 Å². The Morgan fingerprint density at radius 3 is 2.83 bits per heavy atom. The van der Waals surface area contributed by atoms with Gasteiger partial charge in [-0.3, -0.25) is 4.79 Å². The third-order valence-electron chi connectivity index (χ3n) is 2.38. The minimum Gasteiger partial charge on any atom is -0.494 e. The molecule has 1 aromatic heterocycles. The highest BCUT2D eigenvalue weighted by atomic mass is 79.9. The molecule has 0 aliphatic heterocycles. The summed E-state index contributed by atoms with van der Waals surface area (Å²) in [5, 5.41) is 0. The van der Waals surface area contributed by atoms with Crippen LogP contribution in [0.3, 0.4) is 0 Å². The molecule has 0 amide bonds. The highest BCUT2D eigenvalue weighted by Crippen LogP contribution is 2.22. The summed E-state index contributed by atoms with van der Waals surface area (Å²) in [6.07, 6.45) is 1.46. The number of nitrogens with zero attached hydrogens (tertiary/aromatic N) is 1. The number of pyridine rings is 1. The first-order valence-electron chi connectivity index (χ1n) is 5.12. The van der Waals surface area contributed by atoms with Gasteiger partial charge < -0.3 is 4.74 Å². The Labute approximate surface area is 112 Å². The van der Waals surface area contributed by atoms with Crippen LogP contribution in [0.1, 0.15) is 16.1 Å². The number of carbonyl (C=O) groups is 1. The normalized spacial score (nSPS) is 10.2. The van der Waals surface area contributed by atoms with Gasteiger partial charge in [0.05, 0.1) is 12.7 Å². The Hall–Kier alpha value is -1.75. The van der Waals surface area contributed by atoms with E-state index in [2.05, 4.69) is 20.9 Å². The average Bonchev–Trinajstić information content (AvgIpc) is 2.38. The number of carbonyl (C=O) groups excluding carboxylic acids is 1. The molecule has 0 saturated carbocycles. The van der Waals surface area contributed by atoms with Gasteiger partial charge in [-0.2, -0.15) is 0 Å². The fraction of sp³-hybridized carbons (Fsp3) is 0.0769. The van der Waals surface area contributed by atoms with E-state index in [0.717, 1.165) is 0 Å². The maximum absolute atomic E-state index is 13.7. The van der Waals surface area contributed by atoms with Crippen LogP contribution < -0.4 is 4.74 Å². The lowest BCUT2D eigenvalue weighted by Crippen LogP contribution is -2.08. The zero-order valence-electron chi connectivity index (χ0n) is 9.48. The van der Waals surface area contributed by atoms with Crippen LogP contribution in [0.2, 0.25) is 0 Å². The van der Waals surface area contributed by atoms with Crippen molar-refractivity contribution >= 4 is 21.7 Å². The van der Waals surface area contributed by atoms with Crippen LogP contribution in [0.4, 0.5) is 4.39 Å². The van der Waals surface area contributed by atoms with Gasteiger partial charge in [0, 0.05) is 10.7 Å². The fourth-order valence-corrected chi connectivity index (χ4v) is 1.86. The molecule has 5 heteroatoms. The number of rotatable bonds is 3. The molecular formula is C13H9BrFNO2. The number of halogens is 2. The predicted octanol–water partition coefficient (Wildman–Crippen LogP) is 3.22. The third kappa shape index (κ3) is 2.41. The van der Waals surface area contributed by atoms with E-state index in [1.807, 2.05) is 0 Å². The summed E-state index contributed by atoms with van der Waals surface area (Å²) in [4.78, 5) is 16.1. The standard InChI is InChI=1S/C13H9BrFNO2/c1-18-11-3-2-6-16-12(11)13(17)9-5-4-8(14)7-10(9)15/h2-7H,1H3. The fourth-order valence-electron chi connectivity index (χ4n) is 1.53. The quantitative estimate of drug-likeness (QED) is 0.817. The van der Waals surface area contributed by atoms with Crippen molar-refractivity contribution in [1.82, 2.24) is 4.98 Å². The molecule has 0 bridgehead atoms. The van der Waals surface area contributed by atoms with E-state index in [9.17, 15) is 9.18 Å². The van der Waals surface area contributed by atoms with Gasteiger partial charge in [0.1, 0.15) is 11.6 Å². The Morgan fingerprint density at radius 2 is 2.17 bits per heavy atom. The molecule has 0 spiro atoms. The van der Waals surface area contributed by atoms with Crippen molar-refractivity contribution < 1.29 is 13.9 Å². The topological polar surface area (TPSA) is 39.2 Å². The van der Waals surface area contributed by atoms with E-state index >= 15 is 0 Å². The van der Waals surface area contributed by atoms with Crippen LogP contribution in [0, 0.1) is 5.82 Å². The van der Waals surface area contributed by atoms with Crippen LogP contribution >= 0.6 is 15.9 Å². The molecule has 0 unspecified atom stereocenters. The van der Waals surface area contributed by atoms with E-state index in [4.69, 9.17) is 4.74 Å². The van der Waals surface area contributed by atoms with Gasteiger partial charge >= 0.3 is 0 Å². The summed E-state index contributed by atoms with van der Waals surface area (Å²) in [6.45, 7) is 0. The number of aromatic nitrogens is 1. The van der Waals surface area contributed by atoms with Crippen LogP contribution in [0.25, 0.3) is 0 Å². The van der Waals surface area contributed by atoms with Gasteiger partial charge in [-0.15, -0.1) is 0 Å². The SMILES string of the molecule is COc1cccnc1C(=O)c1ccc(Br)cc1F. The van der Waals surface area contributed by atoms with Gasteiger partial charge in [0.2, 0.25) is 5.78 Å². The first kappa shape index (κ1) is 12.7. The second-order valence-corrected chi connectivity index (χ2v) is 4.42. The largest absolute Gasteiger partial charge is 0.494 e. The lowest BCUT2D eigenvalue weighted by Gasteiger charge is -2.06.